The average molecular weight is 266 g/mol. The number of aromatic nitrogens is 5. The number of hydrogen-bond acceptors (Lipinski definition) is 5. The molecule has 0 radical (unpaired) electrons. The van der Waals surface area contributed by atoms with E-state index in [0.717, 1.165) is 22.9 Å². The molecule has 3 rings (SSSR count). The first-order valence-electron chi connectivity index (χ1n) is 6.30. The molecule has 6 nitrogen and oxygen atoms in total. The lowest BCUT2D eigenvalue weighted by atomic mass is 10.2. The van der Waals surface area contributed by atoms with Crippen molar-refractivity contribution in [1.82, 2.24) is 25.0 Å². The van der Waals surface area contributed by atoms with Crippen LogP contribution in [0.3, 0.4) is 0 Å². The number of hydrogen-bond donors (Lipinski definition) is 1. The molecule has 0 bridgehead atoms. The number of nitrogens with one attached hydrogen (secondary N) is 1. The molecule has 0 atom stereocenters. The van der Waals surface area contributed by atoms with Crippen molar-refractivity contribution in [1.29, 1.82) is 0 Å². The third-order valence-electron chi connectivity index (χ3n) is 2.82. The van der Waals surface area contributed by atoms with E-state index in [-0.39, 0.29) is 0 Å². The monoisotopic (exact) mass is 266 g/mol. The van der Waals surface area contributed by atoms with E-state index in [2.05, 4.69) is 25.5 Å². The molecule has 0 unspecified atom stereocenters. The maximum atomic E-state index is 4.35. The second-order valence-electron chi connectivity index (χ2n) is 4.31. The molecule has 20 heavy (non-hydrogen) atoms. The predicted octanol–water partition coefficient (Wildman–Crippen LogP) is 1.98. The van der Waals surface area contributed by atoms with E-state index in [1.54, 1.807) is 23.4 Å². The van der Waals surface area contributed by atoms with Gasteiger partial charge in [0.2, 0.25) is 0 Å². The second-order valence-corrected chi connectivity index (χ2v) is 4.31. The molecule has 1 aromatic carbocycles. The topological polar surface area (TPSA) is 68.5 Å². The van der Waals surface area contributed by atoms with Crippen molar-refractivity contribution in [2.24, 2.45) is 0 Å². The van der Waals surface area contributed by atoms with E-state index in [9.17, 15) is 0 Å². The van der Waals surface area contributed by atoms with Crippen LogP contribution in [0.25, 0.3) is 5.69 Å². The van der Waals surface area contributed by atoms with E-state index in [4.69, 9.17) is 0 Å². The summed E-state index contributed by atoms with van der Waals surface area (Å²) in [6.07, 6.45) is 5.08. The first-order chi connectivity index (χ1) is 9.81. The van der Waals surface area contributed by atoms with Crippen molar-refractivity contribution in [3.8, 4) is 5.69 Å². The molecule has 1 N–H and O–H groups in total. The number of aryl methyl sites for hydroxylation is 1. The standard InChI is InChI=1S/C14H14N6/c1-11-15-7-6-13(19-11)10-16-12-2-4-14(5-3-12)20-17-8-9-18-20/h2-9,16H,10H2,1H3. The van der Waals surface area contributed by atoms with Gasteiger partial charge in [-0.25, -0.2) is 9.97 Å². The summed E-state index contributed by atoms with van der Waals surface area (Å²) in [5.41, 5.74) is 2.92. The highest BCUT2D eigenvalue weighted by Gasteiger charge is 1.99. The van der Waals surface area contributed by atoms with Crippen molar-refractivity contribution in [3.63, 3.8) is 0 Å². The molecule has 0 amide bonds. The Morgan fingerprint density at radius 3 is 2.45 bits per heavy atom. The smallest absolute Gasteiger partial charge is 0.125 e. The molecule has 0 spiro atoms. The normalized spacial score (nSPS) is 10.4. The number of rotatable bonds is 4. The van der Waals surface area contributed by atoms with Crippen LogP contribution in [0.15, 0.2) is 48.9 Å². The third kappa shape index (κ3) is 2.80. The first kappa shape index (κ1) is 12.3. The van der Waals surface area contributed by atoms with E-state index < -0.39 is 0 Å². The van der Waals surface area contributed by atoms with Gasteiger partial charge in [-0.15, -0.1) is 0 Å². The SMILES string of the molecule is Cc1nccc(CNc2ccc(-n3nccn3)cc2)n1. The minimum absolute atomic E-state index is 0.669. The highest BCUT2D eigenvalue weighted by atomic mass is 15.5. The Labute approximate surface area is 116 Å². The van der Waals surface area contributed by atoms with Crippen LogP contribution in [0.4, 0.5) is 5.69 Å². The summed E-state index contributed by atoms with van der Waals surface area (Å²) < 4.78 is 0. The van der Waals surface area contributed by atoms with Crippen LogP contribution >= 0.6 is 0 Å². The minimum atomic E-state index is 0.669. The fourth-order valence-electron chi connectivity index (χ4n) is 1.86. The van der Waals surface area contributed by atoms with Crippen LogP contribution < -0.4 is 5.32 Å². The van der Waals surface area contributed by atoms with Gasteiger partial charge in [-0.2, -0.15) is 15.0 Å². The van der Waals surface area contributed by atoms with Crippen molar-refractivity contribution >= 4 is 5.69 Å². The molecular weight excluding hydrogens is 252 g/mol. The molecule has 3 aromatic rings. The Morgan fingerprint density at radius 2 is 1.75 bits per heavy atom. The lowest BCUT2D eigenvalue weighted by Gasteiger charge is -2.07. The van der Waals surface area contributed by atoms with Crippen molar-refractivity contribution in [2.75, 3.05) is 5.32 Å². The fourth-order valence-corrected chi connectivity index (χ4v) is 1.86. The molecule has 2 heterocycles. The molecule has 2 aromatic heterocycles. The summed E-state index contributed by atoms with van der Waals surface area (Å²) >= 11 is 0. The Bertz CT molecular complexity index is 675. The average Bonchev–Trinajstić information content (AvgIpc) is 3.00. The Morgan fingerprint density at radius 1 is 1.00 bits per heavy atom. The van der Waals surface area contributed by atoms with E-state index >= 15 is 0 Å². The van der Waals surface area contributed by atoms with E-state index in [0.29, 0.717) is 6.54 Å². The van der Waals surface area contributed by atoms with Crippen LogP contribution in [0.1, 0.15) is 11.5 Å². The minimum Gasteiger partial charge on any atom is -0.379 e. The fraction of sp³-hybridized carbons (Fsp3) is 0.143. The molecule has 0 saturated carbocycles. The van der Waals surface area contributed by atoms with Crippen molar-refractivity contribution in [2.45, 2.75) is 13.5 Å². The van der Waals surface area contributed by atoms with Crippen LogP contribution in [0, 0.1) is 6.92 Å². The van der Waals surface area contributed by atoms with Crippen molar-refractivity contribution in [3.05, 3.63) is 60.4 Å². The van der Waals surface area contributed by atoms with Crippen LogP contribution in [0.5, 0.6) is 0 Å². The van der Waals surface area contributed by atoms with Gasteiger partial charge < -0.3 is 5.32 Å². The molecule has 0 aliphatic carbocycles. The lowest BCUT2D eigenvalue weighted by molar-refractivity contribution is 0.752. The molecule has 0 fully saturated rings. The molecular formula is C14H14N6. The maximum absolute atomic E-state index is 4.35. The molecule has 6 heteroatoms. The van der Waals surface area contributed by atoms with Gasteiger partial charge >= 0.3 is 0 Å². The highest BCUT2D eigenvalue weighted by Crippen LogP contribution is 2.12. The molecule has 100 valence electrons. The molecule has 0 aliphatic rings. The zero-order valence-corrected chi connectivity index (χ0v) is 11.1. The van der Waals surface area contributed by atoms with Gasteiger partial charge in [0.15, 0.2) is 0 Å². The molecule has 0 saturated heterocycles. The third-order valence-corrected chi connectivity index (χ3v) is 2.82. The zero-order chi connectivity index (χ0) is 13.8. The largest absolute Gasteiger partial charge is 0.379 e. The summed E-state index contributed by atoms with van der Waals surface area (Å²) in [6.45, 7) is 2.55. The summed E-state index contributed by atoms with van der Waals surface area (Å²) in [6, 6.07) is 9.82. The van der Waals surface area contributed by atoms with E-state index in [1.807, 2.05) is 37.3 Å². The van der Waals surface area contributed by atoms with Crippen LogP contribution in [-0.2, 0) is 6.54 Å². The molecule has 0 aliphatic heterocycles. The lowest BCUT2D eigenvalue weighted by Crippen LogP contribution is -2.03. The van der Waals surface area contributed by atoms with Gasteiger partial charge in [-0.3, -0.25) is 0 Å². The van der Waals surface area contributed by atoms with Crippen LogP contribution in [0.2, 0.25) is 0 Å². The van der Waals surface area contributed by atoms with E-state index in [1.165, 1.54) is 0 Å². The van der Waals surface area contributed by atoms with Gasteiger partial charge in [0.25, 0.3) is 0 Å². The highest BCUT2D eigenvalue weighted by molar-refractivity contribution is 5.48. The predicted molar refractivity (Wildman–Crippen MR) is 75.5 cm³/mol. The summed E-state index contributed by atoms with van der Waals surface area (Å²) in [5, 5.41) is 11.5. The summed E-state index contributed by atoms with van der Waals surface area (Å²) in [7, 11) is 0. The zero-order valence-electron chi connectivity index (χ0n) is 11.1. The Hall–Kier alpha value is -2.76. The first-order valence-corrected chi connectivity index (χ1v) is 6.30. The number of nitrogens with zero attached hydrogens (tertiary/aromatic N) is 5. The number of benzene rings is 1. The summed E-state index contributed by atoms with van der Waals surface area (Å²) in [5.74, 6) is 0.782. The Kier molecular flexibility index (Phi) is 3.36. The van der Waals surface area contributed by atoms with Crippen molar-refractivity contribution < 1.29 is 0 Å². The number of anilines is 1. The van der Waals surface area contributed by atoms with Gasteiger partial charge in [0.05, 0.1) is 30.3 Å². The quantitative estimate of drug-likeness (QED) is 0.782. The van der Waals surface area contributed by atoms with Gasteiger partial charge in [0, 0.05) is 11.9 Å². The van der Waals surface area contributed by atoms with Crippen LogP contribution in [-0.4, -0.2) is 25.0 Å². The van der Waals surface area contributed by atoms with Gasteiger partial charge in [0.1, 0.15) is 5.82 Å². The van der Waals surface area contributed by atoms with Gasteiger partial charge in [-0.1, -0.05) is 0 Å². The summed E-state index contributed by atoms with van der Waals surface area (Å²) in [4.78, 5) is 10.0. The second kappa shape index (κ2) is 5.48. The van der Waals surface area contributed by atoms with Gasteiger partial charge in [-0.05, 0) is 37.3 Å². The Balaban J connectivity index is 1.67. The maximum Gasteiger partial charge on any atom is 0.125 e.